The molecule has 2 heterocycles. The van der Waals surface area contributed by atoms with E-state index in [1.54, 1.807) is 0 Å². The minimum Gasteiger partial charge on any atom is -0.284 e. The first-order valence-electron chi connectivity index (χ1n) is 7.42. The smallest absolute Gasteiger partial charge is 0.0628 e. The molecule has 2 aliphatic heterocycles. The third-order valence-corrected chi connectivity index (χ3v) is 4.62. The second-order valence-corrected chi connectivity index (χ2v) is 5.67. The van der Waals surface area contributed by atoms with Gasteiger partial charge in [-0.3, -0.25) is 9.80 Å². The standard InChI is InChI=1S/C16H24N2/c1-2-15-9-6-10-16-17(11-12-18(15)16)13-14-7-4-3-5-8-14/h3-5,7-8,15-16H,2,6,9-13H2,1H3. The lowest BCUT2D eigenvalue weighted by Crippen LogP contribution is -2.46. The average Bonchev–Trinajstić information content (AvgIpc) is 2.83. The molecular weight excluding hydrogens is 220 g/mol. The van der Waals surface area contributed by atoms with Crippen molar-refractivity contribution in [1.82, 2.24) is 9.80 Å². The summed E-state index contributed by atoms with van der Waals surface area (Å²) < 4.78 is 0. The minimum atomic E-state index is 0.712. The number of benzene rings is 1. The normalized spacial score (nSPS) is 29.4. The molecule has 2 nitrogen and oxygen atoms in total. The molecule has 0 aromatic heterocycles. The molecule has 0 N–H and O–H groups in total. The van der Waals surface area contributed by atoms with Crippen molar-refractivity contribution < 1.29 is 0 Å². The molecule has 18 heavy (non-hydrogen) atoms. The van der Waals surface area contributed by atoms with Crippen LogP contribution in [0.2, 0.25) is 0 Å². The van der Waals surface area contributed by atoms with E-state index in [0.717, 1.165) is 12.6 Å². The quantitative estimate of drug-likeness (QED) is 0.806. The Morgan fingerprint density at radius 2 is 1.94 bits per heavy atom. The lowest BCUT2D eigenvalue weighted by molar-refractivity contribution is 0.0482. The minimum absolute atomic E-state index is 0.712. The topological polar surface area (TPSA) is 6.48 Å². The Labute approximate surface area is 111 Å². The van der Waals surface area contributed by atoms with Gasteiger partial charge in [-0.15, -0.1) is 0 Å². The van der Waals surface area contributed by atoms with Crippen molar-refractivity contribution in [2.24, 2.45) is 0 Å². The van der Waals surface area contributed by atoms with Crippen molar-refractivity contribution in [1.29, 1.82) is 0 Å². The van der Waals surface area contributed by atoms with E-state index in [9.17, 15) is 0 Å². The third kappa shape index (κ3) is 2.32. The fourth-order valence-corrected chi connectivity index (χ4v) is 3.67. The highest BCUT2D eigenvalue weighted by Crippen LogP contribution is 2.31. The van der Waals surface area contributed by atoms with Crippen molar-refractivity contribution in [3.05, 3.63) is 35.9 Å². The summed E-state index contributed by atoms with van der Waals surface area (Å²) in [6.45, 7) is 5.98. The van der Waals surface area contributed by atoms with E-state index < -0.39 is 0 Å². The molecule has 0 spiro atoms. The van der Waals surface area contributed by atoms with E-state index in [2.05, 4.69) is 47.1 Å². The predicted molar refractivity (Wildman–Crippen MR) is 75.3 cm³/mol. The molecule has 2 saturated heterocycles. The van der Waals surface area contributed by atoms with Gasteiger partial charge in [0, 0.05) is 25.7 Å². The van der Waals surface area contributed by atoms with E-state index in [-0.39, 0.29) is 0 Å². The third-order valence-electron chi connectivity index (χ3n) is 4.62. The number of hydrogen-bond donors (Lipinski definition) is 0. The van der Waals surface area contributed by atoms with Crippen LogP contribution in [-0.4, -0.2) is 35.1 Å². The Kier molecular flexibility index (Phi) is 3.67. The molecule has 1 aromatic rings. The van der Waals surface area contributed by atoms with Gasteiger partial charge < -0.3 is 0 Å². The summed E-state index contributed by atoms with van der Waals surface area (Å²) in [5, 5.41) is 0. The summed E-state index contributed by atoms with van der Waals surface area (Å²) in [4.78, 5) is 5.43. The van der Waals surface area contributed by atoms with Gasteiger partial charge in [-0.25, -0.2) is 0 Å². The zero-order chi connectivity index (χ0) is 12.4. The number of piperidine rings is 1. The maximum Gasteiger partial charge on any atom is 0.0628 e. The van der Waals surface area contributed by atoms with Crippen molar-refractivity contribution in [2.75, 3.05) is 13.1 Å². The van der Waals surface area contributed by atoms with Crippen LogP contribution in [0.15, 0.2) is 30.3 Å². The molecule has 0 bridgehead atoms. The Hall–Kier alpha value is -0.860. The number of fused-ring (bicyclic) bond motifs is 1. The van der Waals surface area contributed by atoms with Crippen molar-refractivity contribution in [2.45, 2.75) is 51.4 Å². The maximum atomic E-state index is 2.76. The fraction of sp³-hybridized carbons (Fsp3) is 0.625. The van der Waals surface area contributed by atoms with Gasteiger partial charge in [0.15, 0.2) is 0 Å². The number of rotatable bonds is 3. The molecular formula is C16H24N2. The first-order valence-corrected chi connectivity index (χ1v) is 7.42. The first kappa shape index (κ1) is 12.2. The van der Waals surface area contributed by atoms with Crippen LogP contribution in [0.5, 0.6) is 0 Å². The largest absolute Gasteiger partial charge is 0.284 e. The summed E-state index contributed by atoms with van der Waals surface area (Å²) in [5.41, 5.74) is 1.46. The van der Waals surface area contributed by atoms with Crippen LogP contribution >= 0.6 is 0 Å². The van der Waals surface area contributed by atoms with E-state index in [4.69, 9.17) is 0 Å². The van der Waals surface area contributed by atoms with Gasteiger partial charge in [-0.1, -0.05) is 37.3 Å². The van der Waals surface area contributed by atoms with Crippen molar-refractivity contribution >= 4 is 0 Å². The van der Waals surface area contributed by atoms with Crippen LogP contribution in [0.3, 0.4) is 0 Å². The highest BCUT2D eigenvalue weighted by Gasteiger charge is 2.37. The SMILES string of the molecule is CCC1CCCC2N(Cc3ccccc3)CCN12. The fourth-order valence-electron chi connectivity index (χ4n) is 3.67. The summed E-state index contributed by atoms with van der Waals surface area (Å²) in [5.74, 6) is 0. The molecule has 0 aliphatic carbocycles. The van der Waals surface area contributed by atoms with Gasteiger partial charge in [-0.05, 0) is 31.2 Å². The number of nitrogens with zero attached hydrogens (tertiary/aromatic N) is 2. The van der Waals surface area contributed by atoms with Crippen molar-refractivity contribution in [3.63, 3.8) is 0 Å². The van der Waals surface area contributed by atoms with Gasteiger partial charge in [0.05, 0.1) is 6.17 Å². The highest BCUT2D eigenvalue weighted by atomic mass is 15.4. The average molecular weight is 244 g/mol. The Morgan fingerprint density at radius 1 is 1.11 bits per heavy atom. The molecule has 2 heteroatoms. The predicted octanol–water partition coefficient (Wildman–Crippen LogP) is 3.09. The van der Waals surface area contributed by atoms with Gasteiger partial charge in [0.25, 0.3) is 0 Å². The molecule has 2 fully saturated rings. The molecule has 2 aliphatic rings. The van der Waals surface area contributed by atoms with Crippen LogP contribution < -0.4 is 0 Å². The monoisotopic (exact) mass is 244 g/mol. The highest BCUT2D eigenvalue weighted by molar-refractivity contribution is 5.15. The van der Waals surface area contributed by atoms with Gasteiger partial charge in [0.1, 0.15) is 0 Å². The summed E-state index contributed by atoms with van der Waals surface area (Å²) in [6, 6.07) is 11.8. The lowest BCUT2D eigenvalue weighted by atomic mass is 9.98. The van der Waals surface area contributed by atoms with Crippen LogP contribution in [0.4, 0.5) is 0 Å². The first-order chi connectivity index (χ1) is 8.88. The summed E-state index contributed by atoms with van der Waals surface area (Å²) in [7, 11) is 0. The molecule has 98 valence electrons. The molecule has 0 radical (unpaired) electrons. The van der Waals surface area contributed by atoms with Crippen LogP contribution in [0.25, 0.3) is 0 Å². The second-order valence-electron chi connectivity index (χ2n) is 5.67. The molecule has 0 amide bonds. The second kappa shape index (κ2) is 5.41. The Bertz CT molecular complexity index is 376. The summed E-state index contributed by atoms with van der Waals surface area (Å²) >= 11 is 0. The van der Waals surface area contributed by atoms with Gasteiger partial charge in [-0.2, -0.15) is 0 Å². The van der Waals surface area contributed by atoms with Crippen LogP contribution in [0.1, 0.15) is 38.2 Å². The van der Waals surface area contributed by atoms with Gasteiger partial charge >= 0.3 is 0 Å². The lowest BCUT2D eigenvalue weighted by Gasteiger charge is -2.39. The number of hydrogen-bond acceptors (Lipinski definition) is 2. The van der Waals surface area contributed by atoms with Gasteiger partial charge in [0.2, 0.25) is 0 Å². The van der Waals surface area contributed by atoms with E-state index in [1.807, 2.05) is 0 Å². The van der Waals surface area contributed by atoms with E-state index in [1.165, 1.54) is 44.3 Å². The van der Waals surface area contributed by atoms with Crippen LogP contribution in [0, 0.1) is 0 Å². The van der Waals surface area contributed by atoms with E-state index >= 15 is 0 Å². The Balaban J connectivity index is 1.68. The molecule has 2 unspecified atom stereocenters. The molecule has 1 aromatic carbocycles. The van der Waals surface area contributed by atoms with Crippen molar-refractivity contribution in [3.8, 4) is 0 Å². The van der Waals surface area contributed by atoms with Crippen LogP contribution in [-0.2, 0) is 6.54 Å². The zero-order valence-corrected chi connectivity index (χ0v) is 11.4. The zero-order valence-electron chi connectivity index (χ0n) is 11.4. The van der Waals surface area contributed by atoms with E-state index in [0.29, 0.717) is 6.17 Å². The molecule has 3 rings (SSSR count). The molecule has 0 saturated carbocycles. The summed E-state index contributed by atoms with van der Waals surface area (Å²) in [6.07, 6.45) is 6.21. The maximum absolute atomic E-state index is 2.76. The Morgan fingerprint density at radius 3 is 2.72 bits per heavy atom. The molecule has 2 atom stereocenters.